The van der Waals surface area contributed by atoms with E-state index in [4.69, 9.17) is 14.2 Å². The topological polar surface area (TPSA) is 77.1 Å². The van der Waals surface area contributed by atoms with E-state index in [0.29, 0.717) is 37.3 Å². The third-order valence-corrected chi connectivity index (χ3v) is 6.09. The van der Waals surface area contributed by atoms with Crippen molar-refractivity contribution in [1.29, 1.82) is 0 Å². The standard InChI is InChI=1S/C33H42N2O5/c1-8-25(15-18-32(36)34-9-2)14-13-24(3)40-29-12-10-11-27(16-17-29)28(22-33(37)35(4)5)19-26-20-30(38-6)23-31(21-26)39-7/h8,10-11,13-14,16-17,19-21,23H,1,9,12,15,18,22H2,2-7H3,(H,34,36)/b24-13+,25-14+,28-19-. The predicted molar refractivity (Wildman–Crippen MR) is 162 cm³/mol. The molecule has 1 aromatic carbocycles. The maximum absolute atomic E-state index is 12.7. The first kappa shape index (κ1) is 32.0. The second kappa shape index (κ2) is 16.6. The predicted octanol–water partition coefficient (Wildman–Crippen LogP) is 6.28. The summed E-state index contributed by atoms with van der Waals surface area (Å²) < 4.78 is 16.9. The molecule has 1 aliphatic rings. The Kier molecular flexibility index (Phi) is 13.3. The van der Waals surface area contributed by atoms with Gasteiger partial charge in [0, 0.05) is 39.5 Å². The Morgan fingerprint density at radius 1 is 1.05 bits per heavy atom. The summed E-state index contributed by atoms with van der Waals surface area (Å²) in [4.78, 5) is 26.0. The van der Waals surface area contributed by atoms with Gasteiger partial charge in [-0.05, 0) is 66.8 Å². The molecule has 1 aromatic rings. The largest absolute Gasteiger partial charge is 0.497 e. The van der Waals surface area contributed by atoms with Gasteiger partial charge in [-0.2, -0.15) is 0 Å². The Balaban J connectivity index is 2.29. The van der Waals surface area contributed by atoms with Crippen LogP contribution in [0.25, 0.3) is 6.08 Å². The van der Waals surface area contributed by atoms with E-state index in [1.165, 1.54) is 0 Å². The van der Waals surface area contributed by atoms with Gasteiger partial charge in [0.2, 0.25) is 11.8 Å². The highest BCUT2D eigenvalue weighted by molar-refractivity contribution is 5.82. The summed E-state index contributed by atoms with van der Waals surface area (Å²) in [5.74, 6) is 2.86. The number of rotatable bonds is 14. The Bertz CT molecular complexity index is 1220. The lowest BCUT2D eigenvalue weighted by atomic mass is 9.98. The number of hydrogen-bond acceptors (Lipinski definition) is 5. The lowest BCUT2D eigenvalue weighted by Gasteiger charge is -2.14. The summed E-state index contributed by atoms with van der Waals surface area (Å²) in [7, 11) is 6.72. The van der Waals surface area contributed by atoms with Gasteiger partial charge in [-0.1, -0.05) is 43.0 Å². The zero-order valence-electron chi connectivity index (χ0n) is 24.6. The average molecular weight is 547 g/mol. The van der Waals surface area contributed by atoms with Crippen molar-refractivity contribution in [1.82, 2.24) is 10.2 Å². The minimum atomic E-state index is -0.00382. The summed E-state index contributed by atoms with van der Waals surface area (Å²) in [5, 5.41) is 2.80. The minimum absolute atomic E-state index is 0.00382. The number of benzene rings is 1. The number of nitrogens with one attached hydrogen (secondary N) is 1. The molecule has 7 nitrogen and oxygen atoms in total. The summed E-state index contributed by atoms with van der Waals surface area (Å²) in [5.41, 5.74) is 3.60. The van der Waals surface area contributed by atoms with Gasteiger partial charge in [0.15, 0.2) is 0 Å². The highest BCUT2D eigenvalue weighted by Crippen LogP contribution is 2.28. The maximum atomic E-state index is 12.7. The molecule has 0 heterocycles. The van der Waals surface area contributed by atoms with E-state index in [-0.39, 0.29) is 18.2 Å². The van der Waals surface area contributed by atoms with E-state index in [2.05, 4.69) is 11.9 Å². The lowest BCUT2D eigenvalue weighted by molar-refractivity contribution is -0.127. The van der Waals surface area contributed by atoms with Crippen LogP contribution in [0.4, 0.5) is 0 Å². The van der Waals surface area contributed by atoms with Crippen LogP contribution >= 0.6 is 0 Å². The molecule has 0 saturated heterocycles. The molecule has 1 N–H and O–H groups in total. The zero-order valence-corrected chi connectivity index (χ0v) is 24.6. The Hall–Kier alpha value is -4.26. The quantitative estimate of drug-likeness (QED) is 0.219. The van der Waals surface area contributed by atoms with Crippen molar-refractivity contribution >= 4 is 17.9 Å². The van der Waals surface area contributed by atoms with Crippen LogP contribution < -0.4 is 14.8 Å². The Labute approximate surface area is 238 Å². The third kappa shape index (κ3) is 10.8. The van der Waals surface area contributed by atoms with Crippen LogP contribution in [0.15, 0.2) is 95.5 Å². The first-order valence-electron chi connectivity index (χ1n) is 13.3. The van der Waals surface area contributed by atoms with Crippen molar-refractivity contribution in [3.8, 4) is 11.5 Å². The van der Waals surface area contributed by atoms with E-state index in [9.17, 15) is 9.59 Å². The number of nitrogens with zero attached hydrogens (tertiary/aromatic N) is 1. The smallest absolute Gasteiger partial charge is 0.226 e. The van der Waals surface area contributed by atoms with Crippen LogP contribution in [-0.4, -0.2) is 51.6 Å². The fourth-order valence-electron chi connectivity index (χ4n) is 3.83. The van der Waals surface area contributed by atoms with Gasteiger partial charge >= 0.3 is 0 Å². The molecule has 0 atom stereocenters. The van der Waals surface area contributed by atoms with Crippen molar-refractivity contribution in [3.05, 3.63) is 101 Å². The first-order valence-corrected chi connectivity index (χ1v) is 13.3. The number of ether oxygens (including phenoxy) is 3. The molecule has 7 heteroatoms. The maximum Gasteiger partial charge on any atom is 0.226 e. The van der Waals surface area contributed by atoms with Gasteiger partial charge in [0.05, 0.1) is 20.6 Å². The van der Waals surface area contributed by atoms with Crippen LogP contribution in [0.1, 0.15) is 45.1 Å². The molecule has 1 aliphatic carbocycles. The Morgan fingerprint density at radius 2 is 1.75 bits per heavy atom. The van der Waals surface area contributed by atoms with Gasteiger partial charge < -0.3 is 24.4 Å². The summed E-state index contributed by atoms with van der Waals surface area (Å²) in [6.45, 7) is 8.26. The SMILES string of the molecule is C=C/C(=C\C=C(/C)OC1=CC=C(/C(=C\c2cc(OC)cc(OC)c2)CC(=O)N(C)C)C=CC1)CCC(=O)NCC. The minimum Gasteiger partial charge on any atom is -0.497 e. The van der Waals surface area contributed by atoms with Crippen molar-refractivity contribution in [2.75, 3.05) is 34.9 Å². The van der Waals surface area contributed by atoms with Crippen molar-refractivity contribution in [2.24, 2.45) is 0 Å². The molecule has 0 bridgehead atoms. The van der Waals surface area contributed by atoms with E-state index >= 15 is 0 Å². The second-order valence-electron chi connectivity index (χ2n) is 9.42. The molecule has 0 saturated carbocycles. The number of allylic oxidation sites excluding steroid dienone is 10. The van der Waals surface area contributed by atoms with Gasteiger partial charge in [0.25, 0.3) is 0 Å². The van der Waals surface area contributed by atoms with E-state index < -0.39 is 0 Å². The van der Waals surface area contributed by atoms with Gasteiger partial charge in [-0.3, -0.25) is 9.59 Å². The average Bonchev–Trinajstić information content (AvgIpc) is 3.18. The first-order chi connectivity index (χ1) is 19.2. The molecule has 0 radical (unpaired) electrons. The molecular weight excluding hydrogens is 504 g/mol. The van der Waals surface area contributed by atoms with E-state index in [0.717, 1.165) is 33.8 Å². The number of amides is 2. The molecule has 2 rings (SSSR count). The van der Waals surface area contributed by atoms with Crippen LogP contribution in [-0.2, 0) is 14.3 Å². The normalized spacial score (nSPS) is 14.0. The van der Waals surface area contributed by atoms with Gasteiger partial charge in [-0.15, -0.1) is 0 Å². The molecular formula is C33H42N2O5. The van der Waals surface area contributed by atoms with Crippen LogP contribution in [0.2, 0.25) is 0 Å². The molecule has 0 spiro atoms. The number of hydrogen-bond donors (Lipinski definition) is 1. The molecule has 0 aromatic heterocycles. The third-order valence-electron chi connectivity index (χ3n) is 6.09. The number of methoxy groups -OCH3 is 2. The summed E-state index contributed by atoms with van der Waals surface area (Å²) in [6.07, 6.45) is 17.3. The molecule has 214 valence electrons. The second-order valence-corrected chi connectivity index (χ2v) is 9.42. The fraction of sp³-hybridized carbons (Fsp3) is 0.333. The molecule has 2 amide bonds. The van der Waals surface area contributed by atoms with Crippen molar-refractivity contribution < 1.29 is 23.8 Å². The van der Waals surface area contributed by atoms with E-state index in [1.54, 1.807) is 39.3 Å². The van der Waals surface area contributed by atoms with E-state index in [1.807, 2.05) is 74.6 Å². The summed E-state index contributed by atoms with van der Waals surface area (Å²) in [6, 6.07) is 5.62. The lowest BCUT2D eigenvalue weighted by Crippen LogP contribution is -2.22. The monoisotopic (exact) mass is 546 g/mol. The van der Waals surface area contributed by atoms with Crippen LogP contribution in [0, 0.1) is 0 Å². The molecule has 0 fully saturated rings. The van der Waals surface area contributed by atoms with Crippen LogP contribution in [0.5, 0.6) is 11.5 Å². The fourth-order valence-corrected chi connectivity index (χ4v) is 3.83. The van der Waals surface area contributed by atoms with Crippen molar-refractivity contribution in [2.45, 2.75) is 39.5 Å². The van der Waals surface area contributed by atoms with Gasteiger partial charge in [-0.25, -0.2) is 0 Å². The summed E-state index contributed by atoms with van der Waals surface area (Å²) >= 11 is 0. The van der Waals surface area contributed by atoms with Gasteiger partial charge in [0.1, 0.15) is 23.0 Å². The number of carbonyl (C=O) groups is 2. The zero-order chi connectivity index (χ0) is 29.5. The van der Waals surface area contributed by atoms with Crippen LogP contribution in [0.3, 0.4) is 0 Å². The Morgan fingerprint density at radius 3 is 2.35 bits per heavy atom. The molecule has 40 heavy (non-hydrogen) atoms. The highest BCUT2D eigenvalue weighted by Gasteiger charge is 2.13. The molecule has 0 aliphatic heterocycles. The molecule has 0 unspecified atom stereocenters. The number of carbonyl (C=O) groups excluding carboxylic acids is 2. The highest BCUT2D eigenvalue weighted by atomic mass is 16.5. The van der Waals surface area contributed by atoms with Crippen molar-refractivity contribution in [3.63, 3.8) is 0 Å².